The van der Waals surface area contributed by atoms with Crippen molar-refractivity contribution in [1.29, 1.82) is 0 Å². The number of para-hydroxylation sites is 1. The molecule has 2 heteroatoms. The minimum Gasteiger partial charge on any atom is -0.487 e. The van der Waals surface area contributed by atoms with Crippen LogP contribution in [0.4, 0.5) is 0 Å². The van der Waals surface area contributed by atoms with Crippen LogP contribution in [0.15, 0.2) is 36.5 Å². The molecule has 0 amide bonds. The summed E-state index contributed by atoms with van der Waals surface area (Å²) in [5.41, 5.74) is 7.02. The molecule has 0 spiro atoms. The van der Waals surface area contributed by atoms with Gasteiger partial charge in [-0.15, -0.1) is 0 Å². The maximum absolute atomic E-state index is 5.37. The molecule has 0 atom stereocenters. The van der Waals surface area contributed by atoms with Crippen molar-refractivity contribution < 1.29 is 4.74 Å². The van der Waals surface area contributed by atoms with E-state index in [1.54, 1.807) is 0 Å². The summed E-state index contributed by atoms with van der Waals surface area (Å²) in [4.78, 5) is 0. The molecule has 1 aromatic carbocycles. The number of rotatable bonds is 3. The van der Waals surface area contributed by atoms with Crippen LogP contribution in [0.5, 0.6) is 5.75 Å². The fraction of sp³-hybridized carbons (Fsp3) is 0.200. The Morgan fingerprint density at radius 1 is 1.50 bits per heavy atom. The number of ether oxygens (including phenoxy) is 1. The number of nitrogens with two attached hydrogens (primary N) is 1. The van der Waals surface area contributed by atoms with Crippen LogP contribution in [-0.2, 0) is 0 Å². The van der Waals surface area contributed by atoms with Gasteiger partial charge in [0.2, 0.25) is 0 Å². The van der Waals surface area contributed by atoms with Gasteiger partial charge in [-0.1, -0.05) is 24.8 Å². The van der Waals surface area contributed by atoms with Crippen LogP contribution in [0, 0.1) is 6.92 Å². The second-order valence-corrected chi connectivity index (χ2v) is 2.71. The molecule has 0 aliphatic carbocycles. The molecule has 0 fully saturated rings. The highest BCUT2D eigenvalue weighted by Crippen LogP contribution is 2.15. The lowest BCUT2D eigenvalue weighted by atomic mass is 10.2. The maximum Gasteiger partial charge on any atom is 0.127 e. The van der Waals surface area contributed by atoms with E-state index in [4.69, 9.17) is 10.5 Å². The number of aryl methyl sites for hydroxylation is 1. The molecule has 0 saturated carbocycles. The van der Waals surface area contributed by atoms with Crippen LogP contribution in [0.2, 0.25) is 0 Å². The third-order valence-electron chi connectivity index (χ3n) is 1.51. The average molecular weight is 163 g/mol. The standard InChI is InChI=1S/C10H13NO/c1-8-5-3-4-6-10(8)12-7-9(2)11/h3-6H,2,7,11H2,1H3. The lowest BCUT2D eigenvalue weighted by molar-refractivity contribution is 0.348. The van der Waals surface area contributed by atoms with Crippen LogP contribution in [0.25, 0.3) is 0 Å². The van der Waals surface area contributed by atoms with Gasteiger partial charge >= 0.3 is 0 Å². The first-order valence-corrected chi connectivity index (χ1v) is 3.82. The summed E-state index contributed by atoms with van der Waals surface area (Å²) in [6.07, 6.45) is 0. The Morgan fingerprint density at radius 2 is 2.17 bits per heavy atom. The highest BCUT2D eigenvalue weighted by atomic mass is 16.5. The summed E-state index contributed by atoms with van der Waals surface area (Å²) >= 11 is 0. The summed E-state index contributed by atoms with van der Waals surface area (Å²) in [6.45, 7) is 5.93. The summed E-state index contributed by atoms with van der Waals surface area (Å²) in [5.74, 6) is 0.865. The van der Waals surface area contributed by atoms with Crippen LogP contribution in [0.1, 0.15) is 5.56 Å². The molecule has 0 saturated heterocycles. The molecular formula is C10H13NO. The lowest BCUT2D eigenvalue weighted by Gasteiger charge is -2.07. The van der Waals surface area contributed by atoms with Crippen LogP contribution >= 0.6 is 0 Å². The Labute approximate surface area is 72.7 Å². The highest BCUT2D eigenvalue weighted by Gasteiger charge is 1.96. The first-order chi connectivity index (χ1) is 5.70. The molecule has 0 aromatic heterocycles. The van der Waals surface area contributed by atoms with E-state index < -0.39 is 0 Å². The zero-order chi connectivity index (χ0) is 8.97. The maximum atomic E-state index is 5.37. The third-order valence-corrected chi connectivity index (χ3v) is 1.51. The summed E-state index contributed by atoms with van der Waals surface area (Å²) in [6, 6.07) is 7.81. The van der Waals surface area contributed by atoms with Gasteiger partial charge in [0.05, 0.1) is 0 Å². The van der Waals surface area contributed by atoms with Gasteiger partial charge in [-0.25, -0.2) is 0 Å². The molecule has 64 valence electrons. The van der Waals surface area contributed by atoms with E-state index >= 15 is 0 Å². The minimum atomic E-state index is 0.380. The Bertz CT molecular complexity index is 281. The molecule has 1 aromatic rings. The van der Waals surface area contributed by atoms with Crippen LogP contribution in [-0.4, -0.2) is 6.61 Å². The highest BCUT2D eigenvalue weighted by molar-refractivity contribution is 5.31. The van der Waals surface area contributed by atoms with Gasteiger partial charge in [0.1, 0.15) is 12.4 Å². The molecule has 0 aliphatic rings. The van der Waals surface area contributed by atoms with Crippen LogP contribution < -0.4 is 10.5 Å². The van der Waals surface area contributed by atoms with Crippen molar-refractivity contribution in [3.8, 4) is 5.75 Å². The summed E-state index contributed by atoms with van der Waals surface area (Å²) in [7, 11) is 0. The molecule has 0 unspecified atom stereocenters. The van der Waals surface area contributed by atoms with Crippen molar-refractivity contribution in [2.45, 2.75) is 6.92 Å². The number of hydrogen-bond acceptors (Lipinski definition) is 2. The first-order valence-electron chi connectivity index (χ1n) is 3.82. The fourth-order valence-corrected chi connectivity index (χ4v) is 0.889. The van der Waals surface area contributed by atoms with Crippen molar-refractivity contribution in [2.75, 3.05) is 6.61 Å². The minimum absolute atomic E-state index is 0.380. The molecular weight excluding hydrogens is 150 g/mol. The van der Waals surface area contributed by atoms with Crippen molar-refractivity contribution >= 4 is 0 Å². The Kier molecular flexibility index (Phi) is 2.75. The van der Waals surface area contributed by atoms with E-state index in [1.165, 1.54) is 0 Å². The Balaban J connectivity index is 2.63. The average Bonchev–Trinajstić information content (AvgIpc) is 2.03. The molecule has 1 rings (SSSR count). The number of hydrogen-bond donors (Lipinski definition) is 1. The quantitative estimate of drug-likeness (QED) is 0.738. The molecule has 0 radical (unpaired) electrons. The van der Waals surface area contributed by atoms with E-state index in [1.807, 2.05) is 31.2 Å². The first kappa shape index (κ1) is 8.65. The molecule has 0 bridgehead atoms. The second kappa shape index (κ2) is 3.81. The normalized spacial score (nSPS) is 9.42. The van der Waals surface area contributed by atoms with Crippen molar-refractivity contribution in [1.82, 2.24) is 0 Å². The van der Waals surface area contributed by atoms with E-state index in [-0.39, 0.29) is 0 Å². The monoisotopic (exact) mass is 163 g/mol. The van der Waals surface area contributed by atoms with Gasteiger partial charge in [-0.3, -0.25) is 0 Å². The largest absolute Gasteiger partial charge is 0.487 e. The fourth-order valence-electron chi connectivity index (χ4n) is 0.889. The second-order valence-electron chi connectivity index (χ2n) is 2.71. The van der Waals surface area contributed by atoms with Gasteiger partial charge in [0.25, 0.3) is 0 Å². The van der Waals surface area contributed by atoms with Gasteiger partial charge in [-0.05, 0) is 18.6 Å². The number of benzene rings is 1. The predicted molar refractivity (Wildman–Crippen MR) is 50.0 cm³/mol. The van der Waals surface area contributed by atoms with Gasteiger partial charge in [0.15, 0.2) is 0 Å². The molecule has 0 aliphatic heterocycles. The van der Waals surface area contributed by atoms with Crippen molar-refractivity contribution in [3.05, 3.63) is 42.1 Å². The van der Waals surface area contributed by atoms with Gasteiger partial charge < -0.3 is 10.5 Å². The predicted octanol–water partition coefficient (Wildman–Crippen LogP) is 1.85. The smallest absolute Gasteiger partial charge is 0.127 e. The van der Waals surface area contributed by atoms with E-state index in [2.05, 4.69) is 6.58 Å². The van der Waals surface area contributed by atoms with E-state index in [0.29, 0.717) is 12.3 Å². The molecule has 0 heterocycles. The topological polar surface area (TPSA) is 35.2 Å². The third kappa shape index (κ3) is 2.31. The van der Waals surface area contributed by atoms with Crippen molar-refractivity contribution in [2.24, 2.45) is 5.73 Å². The molecule has 2 N–H and O–H groups in total. The molecule has 12 heavy (non-hydrogen) atoms. The SMILES string of the molecule is C=C(N)COc1ccccc1C. The Morgan fingerprint density at radius 3 is 2.75 bits per heavy atom. The summed E-state index contributed by atoms with van der Waals surface area (Å²) < 4.78 is 5.37. The molecule has 2 nitrogen and oxygen atoms in total. The Hall–Kier alpha value is -1.44. The van der Waals surface area contributed by atoms with Gasteiger partial charge in [-0.2, -0.15) is 0 Å². The van der Waals surface area contributed by atoms with E-state index in [9.17, 15) is 0 Å². The van der Waals surface area contributed by atoms with E-state index in [0.717, 1.165) is 11.3 Å². The lowest BCUT2D eigenvalue weighted by Crippen LogP contribution is -2.07. The van der Waals surface area contributed by atoms with Gasteiger partial charge in [0, 0.05) is 5.70 Å². The summed E-state index contributed by atoms with van der Waals surface area (Å²) in [5, 5.41) is 0. The van der Waals surface area contributed by atoms with Crippen molar-refractivity contribution in [3.63, 3.8) is 0 Å². The van der Waals surface area contributed by atoms with Crippen LogP contribution in [0.3, 0.4) is 0 Å². The zero-order valence-corrected chi connectivity index (χ0v) is 7.21. The zero-order valence-electron chi connectivity index (χ0n) is 7.21.